The first kappa shape index (κ1) is 19.5. The van der Waals surface area contributed by atoms with Crippen LogP contribution in [0.15, 0.2) is 52.1 Å². The number of aryl methyl sites for hydroxylation is 2. The van der Waals surface area contributed by atoms with Crippen LogP contribution in [0.4, 0.5) is 5.69 Å². The first-order valence-electron chi connectivity index (χ1n) is 9.95. The number of hydrogen-bond acceptors (Lipinski definition) is 5. The van der Waals surface area contributed by atoms with Crippen LogP contribution in [0, 0.1) is 0 Å². The van der Waals surface area contributed by atoms with E-state index < -0.39 is 0 Å². The van der Waals surface area contributed by atoms with Gasteiger partial charge in [-0.3, -0.25) is 9.20 Å². The molecule has 0 radical (unpaired) electrons. The zero-order valence-electron chi connectivity index (χ0n) is 16.8. The molecular weight excluding hydrogens is 384 g/mol. The van der Waals surface area contributed by atoms with E-state index in [-0.39, 0.29) is 11.2 Å². The second-order valence-electron chi connectivity index (χ2n) is 6.82. The summed E-state index contributed by atoms with van der Waals surface area (Å²) in [6.07, 6.45) is 3.99. The molecule has 7 heteroatoms. The van der Waals surface area contributed by atoms with Crippen molar-refractivity contribution in [2.24, 2.45) is 0 Å². The maximum atomic E-state index is 13.0. The summed E-state index contributed by atoms with van der Waals surface area (Å²) >= 11 is 1.45. The molecular formula is C22H24N4O2S. The van der Waals surface area contributed by atoms with Crippen molar-refractivity contribution in [3.63, 3.8) is 0 Å². The van der Waals surface area contributed by atoms with Crippen molar-refractivity contribution >= 4 is 40.0 Å². The summed E-state index contributed by atoms with van der Waals surface area (Å²) in [7, 11) is 0. The number of fused-ring (bicyclic) bond motifs is 3. The summed E-state index contributed by atoms with van der Waals surface area (Å²) in [5.41, 5.74) is 4.70. The van der Waals surface area contributed by atoms with Gasteiger partial charge in [-0.15, -0.1) is 10.2 Å². The zero-order valence-corrected chi connectivity index (χ0v) is 17.6. The number of thioether (sulfide) groups is 1. The Hall–Kier alpha value is -2.80. The average molecular weight is 409 g/mol. The average Bonchev–Trinajstić information content (AvgIpc) is 3.34. The minimum Gasteiger partial charge on any atom is -0.463 e. The maximum Gasteiger partial charge on any atom is 0.237 e. The van der Waals surface area contributed by atoms with E-state index in [0.29, 0.717) is 6.42 Å². The van der Waals surface area contributed by atoms with Gasteiger partial charge in [0.05, 0.1) is 22.5 Å². The highest BCUT2D eigenvalue weighted by Crippen LogP contribution is 2.32. The van der Waals surface area contributed by atoms with Crippen LogP contribution in [0.5, 0.6) is 0 Å². The zero-order chi connectivity index (χ0) is 20.4. The summed E-state index contributed by atoms with van der Waals surface area (Å²) in [4.78, 5) is 13.0. The Morgan fingerprint density at radius 3 is 2.72 bits per heavy atom. The van der Waals surface area contributed by atoms with E-state index >= 15 is 0 Å². The molecule has 0 aliphatic heterocycles. The summed E-state index contributed by atoms with van der Waals surface area (Å²) < 4.78 is 7.65. The highest BCUT2D eigenvalue weighted by Gasteiger charge is 2.23. The maximum absolute atomic E-state index is 13.0. The van der Waals surface area contributed by atoms with E-state index in [0.717, 1.165) is 51.6 Å². The topological polar surface area (TPSA) is 72.4 Å². The van der Waals surface area contributed by atoms with E-state index in [1.165, 1.54) is 11.8 Å². The quantitative estimate of drug-likeness (QED) is 0.430. The van der Waals surface area contributed by atoms with Gasteiger partial charge in [-0.1, -0.05) is 50.7 Å². The van der Waals surface area contributed by atoms with Crippen LogP contribution in [0.3, 0.4) is 0 Å². The molecule has 0 saturated carbocycles. The highest BCUT2D eigenvalue weighted by atomic mass is 32.2. The minimum absolute atomic E-state index is 0.0202. The third-order valence-corrected chi connectivity index (χ3v) is 6.39. The third kappa shape index (κ3) is 3.62. The Morgan fingerprint density at radius 1 is 1.14 bits per heavy atom. The van der Waals surface area contributed by atoms with Gasteiger partial charge in [0.25, 0.3) is 0 Å². The number of anilines is 1. The van der Waals surface area contributed by atoms with Crippen molar-refractivity contribution in [3.8, 4) is 0 Å². The van der Waals surface area contributed by atoms with Crippen molar-refractivity contribution in [1.29, 1.82) is 0 Å². The summed E-state index contributed by atoms with van der Waals surface area (Å²) in [6, 6.07) is 11.8. The lowest BCUT2D eigenvalue weighted by Gasteiger charge is -2.16. The molecule has 0 aliphatic carbocycles. The predicted octanol–water partition coefficient (Wildman–Crippen LogP) is 5.11. The number of aromatic nitrogens is 3. The van der Waals surface area contributed by atoms with Crippen molar-refractivity contribution in [1.82, 2.24) is 14.6 Å². The molecule has 0 aliphatic rings. The Balaban J connectivity index is 1.65. The molecule has 4 aromatic rings. The Kier molecular flexibility index (Phi) is 5.58. The fourth-order valence-electron chi connectivity index (χ4n) is 3.49. The summed E-state index contributed by atoms with van der Waals surface area (Å²) in [5.74, 6) is 0.850. The van der Waals surface area contributed by atoms with Crippen LogP contribution >= 0.6 is 11.8 Å². The molecule has 3 heterocycles. The number of carbonyl (C=O) groups is 1. The van der Waals surface area contributed by atoms with Gasteiger partial charge >= 0.3 is 0 Å². The van der Waals surface area contributed by atoms with E-state index in [4.69, 9.17) is 4.42 Å². The number of rotatable bonds is 7. The molecule has 0 fully saturated rings. The number of carbonyl (C=O) groups excluding carboxylic acids is 1. The SMILES string of the molecule is CCc1ccccc1NC(=O)C(CC)Sc1nnc(CC)n2c1cc1occc12. The Bertz CT molecular complexity index is 1160. The van der Waals surface area contributed by atoms with Crippen LogP contribution in [-0.2, 0) is 17.6 Å². The first-order valence-corrected chi connectivity index (χ1v) is 10.8. The van der Waals surface area contributed by atoms with Crippen LogP contribution in [-0.4, -0.2) is 25.8 Å². The Labute approximate surface area is 173 Å². The molecule has 0 bridgehead atoms. The molecule has 6 nitrogen and oxygen atoms in total. The number of nitrogens with zero attached hydrogens (tertiary/aromatic N) is 3. The normalized spacial score (nSPS) is 12.5. The van der Waals surface area contributed by atoms with Crippen molar-refractivity contribution < 1.29 is 9.21 Å². The summed E-state index contributed by atoms with van der Waals surface area (Å²) in [5, 5.41) is 12.4. The first-order chi connectivity index (χ1) is 14.2. The molecule has 1 aromatic carbocycles. The van der Waals surface area contributed by atoms with Crippen LogP contribution in [0.2, 0.25) is 0 Å². The number of para-hydroxylation sites is 1. The number of furan rings is 1. The van der Waals surface area contributed by atoms with Gasteiger partial charge in [0.15, 0.2) is 5.58 Å². The van der Waals surface area contributed by atoms with Crippen molar-refractivity contribution in [3.05, 3.63) is 54.0 Å². The number of nitrogens with one attached hydrogen (secondary N) is 1. The summed E-state index contributed by atoms with van der Waals surface area (Å²) in [6.45, 7) is 6.15. The van der Waals surface area contributed by atoms with Crippen LogP contribution in [0.1, 0.15) is 38.6 Å². The molecule has 0 saturated heterocycles. The molecule has 29 heavy (non-hydrogen) atoms. The lowest BCUT2D eigenvalue weighted by molar-refractivity contribution is -0.115. The van der Waals surface area contributed by atoms with Gasteiger partial charge in [-0.2, -0.15) is 0 Å². The van der Waals surface area contributed by atoms with Crippen LogP contribution < -0.4 is 5.32 Å². The predicted molar refractivity (Wildman–Crippen MR) is 117 cm³/mol. The molecule has 1 N–H and O–H groups in total. The second kappa shape index (κ2) is 8.29. The lowest BCUT2D eigenvalue weighted by atomic mass is 10.1. The molecule has 0 spiro atoms. The minimum atomic E-state index is -0.272. The van der Waals surface area contributed by atoms with Crippen molar-refractivity contribution in [2.75, 3.05) is 5.32 Å². The second-order valence-corrected chi connectivity index (χ2v) is 8.02. The highest BCUT2D eigenvalue weighted by molar-refractivity contribution is 8.00. The Morgan fingerprint density at radius 2 is 1.97 bits per heavy atom. The van der Waals surface area contributed by atoms with Crippen LogP contribution in [0.25, 0.3) is 16.6 Å². The van der Waals surface area contributed by atoms with Gasteiger partial charge < -0.3 is 9.73 Å². The molecule has 1 amide bonds. The van der Waals surface area contributed by atoms with E-state index in [9.17, 15) is 4.79 Å². The fourth-order valence-corrected chi connectivity index (χ4v) is 4.45. The van der Waals surface area contributed by atoms with E-state index in [2.05, 4.69) is 33.8 Å². The van der Waals surface area contributed by atoms with Gasteiger partial charge in [-0.05, 0) is 24.5 Å². The standard InChI is InChI=1S/C22H24N4O2S/c1-4-14-9-7-8-10-15(14)23-21(27)19(5-2)29-22-17-13-18-16(11-12-28-18)26(17)20(6-3)24-25-22/h7-13,19H,4-6H2,1-3H3,(H,23,27). The fraction of sp³-hybridized carbons (Fsp3) is 0.318. The van der Waals surface area contributed by atoms with Gasteiger partial charge in [-0.25, -0.2) is 0 Å². The third-order valence-electron chi connectivity index (χ3n) is 5.05. The lowest BCUT2D eigenvalue weighted by Crippen LogP contribution is -2.25. The van der Waals surface area contributed by atoms with E-state index in [1.54, 1.807) is 6.26 Å². The van der Waals surface area contributed by atoms with E-state index in [1.807, 2.05) is 43.3 Å². The van der Waals surface area contributed by atoms with Gasteiger partial charge in [0.2, 0.25) is 5.91 Å². The largest absolute Gasteiger partial charge is 0.463 e. The molecule has 150 valence electrons. The molecule has 4 rings (SSSR count). The smallest absolute Gasteiger partial charge is 0.237 e. The number of hydrogen-bond donors (Lipinski definition) is 1. The monoisotopic (exact) mass is 408 g/mol. The number of benzene rings is 1. The van der Waals surface area contributed by atoms with Gasteiger partial charge in [0.1, 0.15) is 10.9 Å². The molecule has 1 unspecified atom stereocenters. The van der Waals surface area contributed by atoms with Crippen molar-refractivity contribution in [2.45, 2.75) is 50.3 Å². The molecule has 1 atom stereocenters. The van der Waals surface area contributed by atoms with Gasteiger partial charge in [0, 0.05) is 24.2 Å². The molecule has 3 aromatic heterocycles. The number of amides is 1.